The number of rotatable bonds is 5. The summed E-state index contributed by atoms with van der Waals surface area (Å²) in [5.41, 5.74) is 2.13. The third-order valence-corrected chi connectivity index (χ3v) is 3.25. The number of hydrogen-bond donors (Lipinski definition) is 0. The highest BCUT2D eigenvalue weighted by molar-refractivity contribution is 9.10. The summed E-state index contributed by atoms with van der Waals surface area (Å²) in [6.07, 6.45) is 1.37. The zero-order chi connectivity index (χ0) is 13.1. The Bertz CT molecular complexity index is 455. The average Bonchev–Trinajstić information content (AvgIpc) is 2.74. The predicted molar refractivity (Wildman–Crippen MR) is 73.1 cm³/mol. The van der Waals surface area contributed by atoms with Gasteiger partial charge in [-0.1, -0.05) is 15.9 Å². The van der Waals surface area contributed by atoms with Crippen molar-refractivity contribution in [2.45, 2.75) is 32.8 Å². The maximum absolute atomic E-state index is 11.8. The van der Waals surface area contributed by atoms with Gasteiger partial charge in [0.25, 0.3) is 0 Å². The van der Waals surface area contributed by atoms with Crippen molar-refractivity contribution in [1.82, 2.24) is 0 Å². The van der Waals surface area contributed by atoms with Gasteiger partial charge in [0.05, 0.1) is 12.7 Å². The molecule has 1 heterocycles. The molecule has 2 rings (SSSR count). The van der Waals surface area contributed by atoms with Crippen molar-refractivity contribution < 1.29 is 14.3 Å². The zero-order valence-corrected chi connectivity index (χ0v) is 12.2. The minimum absolute atomic E-state index is 0.0819. The molecule has 0 aromatic heterocycles. The second kappa shape index (κ2) is 5.85. The van der Waals surface area contributed by atoms with Gasteiger partial charge in [-0.05, 0) is 31.5 Å². The Morgan fingerprint density at radius 2 is 2.28 bits per heavy atom. The van der Waals surface area contributed by atoms with E-state index in [9.17, 15) is 4.79 Å². The summed E-state index contributed by atoms with van der Waals surface area (Å²) in [6.45, 7) is 4.72. The van der Waals surface area contributed by atoms with E-state index in [0.29, 0.717) is 13.0 Å². The van der Waals surface area contributed by atoms with Gasteiger partial charge in [0.15, 0.2) is 5.78 Å². The van der Waals surface area contributed by atoms with Crippen LogP contribution in [0.2, 0.25) is 0 Å². The summed E-state index contributed by atoms with van der Waals surface area (Å²) < 4.78 is 11.9. The van der Waals surface area contributed by atoms with Crippen molar-refractivity contribution in [3.05, 3.63) is 27.7 Å². The molecule has 0 bridgehead atoms. The molecule has 0 atom stereocenters. The van der Waals surface area contributed by atoms with Crippen molar-refractivity contribution in [2.24, 2.45) is 0 Å². The monoisotopic (exact) mass is 312 g/mol. The van der Waals surface area contributed by atoms with E-state index in [0.717, 1.165) is 22.2 Å². The van der Waals surface area contributed by atoms with Crippen LogP contribution >= 0.6 is 15.9 Å². The largest absolute Gasteiger partial charge is 0.493 e. The molecule has 0 radical (unpaired) electrons. The van der Waals surface area contributed by atoms with Crippen LogP contribution in [0.15, 0.2) is 16.6 Å². The van der Waals surface area contributed by atoms with E-state index >= 15 is 0 Å². The summed E-state index contributed by atoms with van der Waals surface area (Å²) in [5.74, 6) is 0.968. The summed E-state index contributed by atoms with van der Waals surface area (Å²) in [6, 6.07) is 4.01. The normalized spacial score (nSPS) is 13.6. The molecule has 0 saturated heterocycles. The van der Waals surface area contributed by atoms with Gasteiger partial charge in [0.1, 0.15) is 12.4 Å². The Balaban J connectivity index is 2.07. The summed E-state index contributed by atoms with van der Waals surface area (Å²) in [7, 11) is 0. The van der Waals surface area contributed by atoms with Crippen molar-refractivity contribution in [2.75, 3.05) is 13.2 Å². The van der Waals surface area contributed by atoms with Crippen LogP contribution in [0, 0.1) is 0 Å². The van der Waals surface area contributed by atoms with Crippen molar-refractivity contribution in [1.29, 1.82) is 0 Å². The van der Waals surface area contributed by atoms with Crippen LogP contribution < -0.4 is 4.74 Å². The fourth-order valence-electron chi connectivity index (χ4n) is 2.00. The Morgan fingerprint density at radius 1 is 1.50 bits per heavy atom. The Labute approximate surface area is 116 Å². The molecule has 0 saturated carbocycles. The lowest BCUT2D eigenvalue weighted by Crippen LogP contribution is -2.15. The molecule has 0 N–H and O–H groups in total. The van der Waals surface area contributed by atoms with Gasteiger partial charge in [-0.15, -0.1) is 0 Å². The zero-order valence-electron chi connectivity index (χ0n) is 10.7. The number of carbonyl (C=O) groups is 1. The van der Waals surface area contributed by atoms with E-state index < -0.39 is 0 Å². The van der Waals surface area contributed by atoms with E-state index in [-0.39, 0.29) is 18.5 Å². The first kappa shape index (κ1) is 13.6. The van der Waals surface area contributed by atoms with Crippen LogP contribution in [0.5, 0.6) is 5.75 Å². The maximum Gasteiger partial charge on any atom is 0.162 e. The molecule has 3 nitrogen and oxygen atoms in total. The highest BCUT2D eigenvalue weighted by Gasteiger charge is 2.19. The van der Waals surface area contributed by atoms with Crippen molar-refractivity contribution in [3.8, 4) is 5.75 Å². The first-order chi connectivity index (χ1) is 8.56. The molecule has 0 fully saturated rings. The minimum Gasteiger partial charge on any atom is -0.493 e. The number of ether oxygens (including phenoxy) is 2. The molecule has 1 aliphatic heterocycles. The molecule has 0 spiro atoms. The predicted octanol–water partition coefficient (Wildman–Crippen LogP) is 2.92. The lowest BCUT2D eigenvalue weighted by molar-refractivity contribution is -0.124. The van der Waals surface area contributed by atoms with Crippen LogP contribution in [0.4, 0.5) is 0 Å². The van der Waals surface area contributed by atoms with E-state index in [4.69, 9.17) is 9.47 Å². The molecule has 1 aliphatic rings. The van der Waals surface area contributed by atoms with E-state index in [1.807, 2.05) is 19.9 Å². The number of hydrogen-bond acceptors (Lipinski definition) is 3. The summed E-state index contributed by atoms with van der Waals surface area (Å²) in [5, 5.41) is 0. The van der Waals surface area contributed by atoms with E-state index in [1.165, 1.54) is 5.56 Å². The first-order valence-corrected chi connectivity index (χ1v) is 6.93. The SMILES string of the molecule is CC(C)OCC(=O)Cc1cc(Br)cc2c1OCC2. The Morgan fingerprint density at radius 3 is 3.00 bits per heavy atom. The van der Waals surface area contributed by atoms with Crippen LogP contribution in [-0.2, 0) is 22.4 Å². The number of Topliss-reactive ketones (excluding diaryl/α,β-unsaturated/α-hetero) is 1. The quantitative estimate of drug-likeness (QED) is 0.838. The summed E-state index contributed by atoms with van der Waals surface area (Å²) >= 11 is 3.47. The molecule has 18 heavy (non-hydrogen) atoms. The third kappa shape index (κ3) is 3.33. The standard InChI is InChI=1S/C14H17BrO3/c1-9(2)18-8-13(16)7-11-6-12(15)5-10-3-4-17-14(10)11/h5-6,9H,3-4,7-8H2,1-2H3. The second-order valence-electron chi connectivity index (χ2n) is 4.73. The van der Waals surface area contributed by atoms with Gasteiger partial charge in [-0.2, -0.15) is 0 Å². The van der Waals surface area contributed by atoms with E-state index in [2.05, 4.69) is 22.0 Å². The molecular weight excluding hydrogens is 296 g/mol. The maximum atomic E-state index is 11.8. The van der Waals surface area contributed by atoms with Crippen LogP contribution in [0.3, 0.4) is 0 Å². The van der Waals surface area contributed by atoms with Gasteiger partial charge >= 0.3 is 0 Å². The van der Waals surface area contributed by atoms with Crippen LogP contribution in [0.25, 0.3) is 0 Å². The van der Waals surface area contributed by atoms with Crippen molar-refractivity contribution >= 4 is 21.7 Å². The lowest BCUT2D eigenvalue weighted by atomic mass is 10.0. The Kier molecular flexibility index (Phi) is 4.40. The molecule has 1 aromatic rings. The van der Waals surface area contributed by atoms with Gasteiger partial charge in [0, 0.05) is 22.9 Å². The second-order valence-corrected chi connectivity index (χ2v) is 5.64. The van der Waals surface area contributed by atoms with E-state index in [1.54, 1.807) is 0 Å². The van der Waals surface area contributed by atoms with Crippen LogP contribution in [0.1, 0.15) is 25.0 Å². The van der Waals surface area contributed by atoms with Gasteiger partial charge in [0.2, 0.25) is 0 Å². The average molecular weight is 313 g/mol. The fraction of sp³-hybridized carbons (Fsp3) is 0.500. The molecule has 98 valence electrons. The number of carbonyl (C=O) groups excluding carboxylic acids is 1. The van der Waals surface area contributed by atoms with Gasteiger partial charge < -0.3 is 9.47 Å². The van der Waals surface area contributed by atoms with Crippen molar-refractivity contribution in [3.63, 3.8) is 0 Å². The number of benzene rings is 1. The molecule has 0 aliphatic carbocycles. The third-order valence-electron chi connectivity index (χ3n) is 2.79. The fourth-order valence-corrected chi connectivity index (χ4v) is 2.55. The number of halogens is 1. The Hall–Kier alpha value is -0.870. The molecule has 4 heteroatoms. The van der Waals surface area contributed by atoms with Gasteiger partial charge in [-0.3, -0.25) is 4.79 Å². The molecule has 0 unspecified atom stereocenters. The lowest BCUT2D eigenvalue weighted by Gasteiger charge is -2.10. The number of ketones is 1. The highest BCUT2D eigenvalue weighted by atomic mass is 79.9. The topological polar surface area (TPSA) is 35.5 Å². The molecule has 1 aromatic carbocycles. The van der Waals surface area contributed by atoms with Crippen LogP contribution in [-0.4, -0.2) is 25.1 Å². The summed E-state index contributed by atoms with van der Waals surface area (Å²) in [4.78, 5) is 11.8. The van der Waals surface area contributed by atoms with Gasteiger partial charge in [-0.25, -0.2) is 0 Å². The molecular formula is C14H17BrO3. The minimum atomic E-state index is 0.0819. The highest BCUT2D eigenvalue weighted by Crippen LogP contribution is 2.33. The molecule has 0 amide bonds. The smallest absolute Gasteiger partial charge is 0.162 e. The first-order valence-electron chi connectivity index (χ1n) is 6.13. The number of fused-ring (bicyclic) bond motifs is 1.